The second-order valence-corrected chi connectivity index (χ2v) is 5.00. The number of hydrogen-bond donors (Lipinski definition) is 1. The zero-order chi connectivity index (χ0) is 12.8. The van der Waals surface area contributed by atoms with Crippen LogP contribution in [0.25, 0.3) is 0 Å². The molecule has 0 spiro atoms. The van der Waals surface area contributed by atoms with Crippen LogP contribution in [0.1, 0.15) is 40.5 Å². The van der Waals surface area contributed by atoms with Gasteiger partial charge in [0, 0.05) is 19.1 Å². The molecule has 1 saturated heterocycles. The van der Waals surface area contributed by atoms with Crippen molar-refractivity contribution in [1.29, 1.82) is 0 Å². The van der Waals surface area contributed by atoms with Crippen molar-refractivity contribution < 1.29 is 9.53 Å². The highest BCUT2D eigenvalue weighted by Crippen LogP contribution is 2.21. The Morgan fingerprint density at radius 1 is 1.47 bits per heavy atom. The van der Waals surface area contributed by atoms with E-state index in [1.165, 1.54) is 0 Å². The van der Waals surface area contributed by atoms with Crippen LogP contribution in [0.3, 0.4) is 0 Å². The van der Waals surface area contributed by atoms with Crippen LogP contribution in [0.15, 0.2) is 0 Å². The minimum absolute atomic E-state index is 0.0333. The SMILES string of the molecule is CCNC1CCN(C(=O)OC(C)C)CC1CC. The largest absolute Gasteiger partial charge is 0.447 e. The minimum atomic E-state index is -0.159. The average molecular weight is 242 g/mol. The molecule has 4 heteroatoms. The Bertz CT molecular complexity index is 244. The van der Waals surface area contributed by atoms with Gasteiger partial charge in [-0.3, -0.25) is 0 Å². The summed E-state index contributed by atoms with van der Waals surface area (Å²) in [5.41, 5.74) is 0. The van der Waals surface area contributed by atoms with Crippen molar-refractivity contribution in [3.8, 4) is 0 Å². The molecule has 0 aromatic carbocycles. The normalized spacial score (nSPS) is 25.1. The first-order valence-electron chi connectivity index (χ1n) is 6.77. The maximum Gasteiger partial charge on any atom is 0.410 e. The van der Waals surface area contributed by atoms with Gasteiger partial charge in [0.15, 0.2) is 0 Å². The van der Waals surface area contributed by atoms with Gasteiger partial charge in [-0.1, -0.05) is 20.3 Å². The van der Waals surface area contributed by atoms with Gasteiger partial charge in [-0.25, -0.2) is 4.79 Å². The number of carbonyl (C=O) groups is 1. The molecule has 1 aliphatic heterocycles. The monoisotopic (exact) mass is 242 g/mol. The van der Waals surface area contributed by atoms with Crippen LogP contribution in [-0.2, 0) is 4.74 Å². The lowest BCUT2D eigenvalue weighted by molar-refractivity contribution is 0.0556. The number of hydrogen-bond acceptors (Lipinski definition) is 3. The Morgan fingerprint density at radius 3 is 2.71 bits per heavy atom. The van der Waals surface area contributed by atoms with Crippen LogP contribution in [-0.4, -0.2) is 42.8 Å². The van der Waals surface area contributed by atoms with E-state index in [-0.39, 0.29) is 12.2 Å². The zero-order valence-electron chi connectivity index (χ0n) is 11.5. The third-order valence-corrected chi connectivity index (χ3v) is 3.32. The summed E-state index contributed by atoms with van der Waals surface area (Å²) in [5.74, 6) is 0.545. The molecule has 0 aromatic rings. The third-order valence-electron chi connectivity index (χ3n) is 3.32. The highest BCUT2D eigenvalue weighted by atomic mass is 16.6. The Balaban J connectivity index is 2.49. The molecule has 0 radical (unpaired) electrons. The van der Waals surface area contributed by atoms with Crippen LogP contribution >= 0.6 is 0 Å². The summed E-state index contributed by atoms with van der Waals surface area (Å²) in [6, 6.07) is 0.549. The molecule has 100 valence electrons. The fourth-order valence-electron chi connectivity index (χ4n) is 2.42. The van der Waals surface area contributed by atoms with E-state index < -0.39 is 0 Å². The lowest BCUT2D eigenvalue weighted by Crippen LogP contribution is -2.51. The van der Waals surface area contributed by atoms with Crippen LogP contribution < -0.4 is 5.32 Å². The van der Waals surface area contributed by atoms with Gasteiger partial charge in [0.25, 0.3) is 0 Å². The van der Waals surface area contributed by atoms with E-state index in [1.54, 1.807) is 0 Å². The second kappa shape index (κ2) is 6.84. The molecule has 1 fully saturated rings. The highest BCUT2D eigenvalue weighted by Gasteiger charge is 2.30. The van der Waals surface area contributed by atoms with Crippen molar-refractivity contribution in [2.75, 3.05) is 19.6 Å². The predicted molar refractivity (Wildman–Crippen MR) is 69.1 cm³/mol. The van der Waals surface area contributed by atoms with Crippen LogP contribution in [0.2, 0.25) is 0 Å². The molecule has 4 nitrogen and oxygen atoms in total. The predicted octanol–water partition coefficient (Wildman–Crippen LogP) is 2.24. The molecule has 1 heterocycles. The van der Waals surface area contributed by atoms with Gasteiger partial charge < -0.3 is 15.0 Å². The van der Waals surface area contributed by atoms with E-state index in [9.17, 15) is 4.79 Å². The minimum Gasteiger partial charge on any atom is -0.447 e. The smallest absolute Gasteiger partial charge is 0.410 e. The van der Waals surface area contributed by atoms with E-state index in [4.69, 9.17) is 4.74 Å². The summed E-state index contributed by atoms with van der Waals surface area (Å²) < 4.78 is 5.24. The van der Waals surface area contributed by atoms with E-state index in [0.717, 1.165) is 32.5 Å². The number of rotatable bonds is 4. The van der Waals surface area contributed by atoms with Gasteiger partial charge >= 0.3 is 6.09 Å². The van der Waals surface area contributed by atoms with Gasteiger partial charge in [-0.05, 0) is 32.7 Å². The first kappa shape index (κ1) is 14.3. The second-order valence-electron chi connectivity index (χ2n) is 5.00. The number of likely N-dealkylation sites (tertiary alicyclic amines) is 1. The fourth-order valence-corrected chi connectivity index (χ4v) is 2.42. The zero-order valence-corrected chi connectivity index (χ0v) is 11.5. The molecule has 1 N–H and O–H groups in total. The van der Waals surface area contributed by atoms with Gasteiger partial charge in [0.1, 0.15) is 0 Å². The van der Waals surface area contributed by atoms with E-state index in [0.29, 0.717) is 12.0 Å². The molecule has 2 unspecified atom stereocenters. The van der Waals surface area contributed by atoms with Gasteiger partial charge in [-0.15, -0.1) is 0 Å². The topological polar surface area (TPSA) is 41.6 Å². The molecule has 17 heavy (non-hydrogen) atoms. The van der Waals surface area contributed by atoms with Gasteiger partial charge in [-0.2, -0.15) is 0 Å². The van der Waals surface area contributed by atoms with Crippen molar-refractivity contribution in [2.24, 2.45) is 5.92 Å². The summed E-state index contributed by atoms with van der Waals surface area (Å²) in [6.07, 6.45) is 1.94. The third kappa shape index (κ3) is 4.19. The number of amides is 1. The summed E-state index contributed by atoms with van der Waals surface area (Å²) in [7, 11) is 0. The van der Waals surface area contributed by atoms with E-state index >= 15 is 0 Å². The lowest BCUT2D eigenvalue weighted by Gasteiger charge is -2.38. The maximum atomic E-state index is 11.8. The summed E-state index contributed by atoms with van der Waals surface area (Å²) in [6.45, 7) is 10.7. The molecular formula is C13H26N2O2. The molecule has 0 saturated carbocycles. The van der Waals surface area contributed by atoms with Crippen molar-refractivity contribution >= 4 is 6.09 Å². The molecular weight excluding hydrogens is 216 g/mol. The Hall–Kier alpha value is -0.770. The number of carbonyl (C=O) groups excluding carboxylic acids is 1. The number of nitrogens with one attached hydrogen (secondary N) is 1. The molecule has 1 aliphatic rings. The highest BCUT2D eigenvalue weighted by molar-refractivity contribution is 5.67. The van der Waals surface area contributed by atoms with Crippen molar-refractivity contribution in [1.82, 2.24) is 10.2 Å². The molecule has 0 aromatic heterocycles. The summed E-state index contributed by atoms with van der Waals surface area (Å²) in [4.78, 5) is 13.7. The van der Waals surface area contributed by atoms with Gasteiger partial charge in [0.2, 0.25) is 0 Å². The van der Waals surface area contributed by atoms with Crippen molar-refractivity contribution in [3.63, 3.8) is 0 Å². The fraction of sp³-hybridized carbons (Fsp3) is 0.923. The maximum absolute atomic E-state index is 11.8. The Labute approximate surface area is 105 Å². The Kier molecular flexibility index (Phi) is 5.75. The average Bonchev–Trinajstić information content (AvgIpc) is 2.29. The number of piperidine rings is 1. The van der Waals surface area contributed by atoms with E-state index in [2.05, 4.69) is 19.2 Å². The first-order chi connectivity index (χ1) is 8.08. The van der Waals surface area contributed by atoms with Crippen LogP contribution in [0.4, 0.5) is 4.79 Å². The summed E-state index contributed by atoms with van der Waals surface area (Å²) in [5, 5.41) is 3.51. The van der Waals surface area contributed by atoms with Crippen LogP contribution in [0, 0.1) is 5.92 Å². The number of nitrogens with zero attached hydrogens (tertiary/aromatic N) is 1. The Morgan fingerprint density at radius 2 is 2.18 bits per heavy atom. The molecule has 1 rings (SSSR count). The number of ether oxygens (including phenoxy) is 1. The molecule has 1 amide bonds. The molecule has 0 bridgehead atoms. The standard InChI is InChI=1S/C13H26N2O2/c1-5-11-9-15(13(16)17-10(3)4)8-7-12(11)14-6-2/h10-12,14H,5-9H2,1-4H3. The van der Waals surface area contributed by atoms with Crippen molar-refractivity contribution in [3.05, 3.63) is 0 Å². The molecule has 0 aliphatic carbocycles. The van der Waals surface area contributed by atoms with E-state index in [1.807, 2.05) is 18.7 Å². The van der Waals surface area contributed by atoms with Gasteiger partial charge in [0.05, 0.1) is 6.10 Å². The van der Waals surface area contributed by atoms with Crippen molar-refractivity contribution in [2.45, 2.75) is 52.7 Å². The quantitative estimate of drug-likeness (QED) is 0.822. The first-order valence-corrected chi connectivity index (χ1v) is 6.77. The lowest BCUT2D eigenvalue weighted by atomic mass is 9.90. The summed E-state index contributed by atoms with van der Waals surface area (Å²) >= 11 is 0. The van der Waals surface area contributed by atoms with Crippen LogP contribution in [0.5, 0.6) is 0 Å². The molecule has 2 atom stereocenters.